The molecule has 8 heteroatoms. The lowest BCUT2D eigenvalue weighted by molar-refractivity contribution is 0.209. The second kappa shape index (κ2) is 9.26. The van der Waals surface area contributed by atoms with Crippen molar-refractivity contribution in [3.63, 3.8) is 0 Å². The SMILES string of the molecule is CC(C)N1CCN(c2ccc(-c3cc(N)c4nc(-c5ccc(S(C)(=O)=O)cc5)n(C)c4c3)cc2)CC1. The molecule has 4 aromatic rings. The van der Waals surface area contributed by atoms with Gasteiger partial charge in [-0.3, -0.25) is 4.90 Å². The van der Waals surface area contributed by atoms with Crippen LogP contribution in [0, 0.1) is 0 Å². The summed E-state index contributed by atoms with van der Waals surface area (Å²) in [6.07, 6.45) is 1.21. The van der Waals surface area contributed by atoms with Gasteiger partial charge in [0.1, 0.15) is 11.3 Å². The van der Waals surface area contributed by atoms with Gasteiger partial charge in [0.2, 0.25) is 0 Å². The molecule has 0 atom stereocenters. The first-order valence-electron chi connectivity index (χ1n) is 12.3. The Balaban J connectivity index is 1.43. The van der Waals surface area contributed by atoms with Gasteiger partial charge in [0.25, 0.3) is 0 Å². The van der Waals surface area contributed by atoms with Crippen LogP contribution in [-0.4, -0.2) is 61.3 Å². The minimum absolute atomic E-state index is 0.289. The zero-order chi connectivity index (χ0) is 25.6. The van der Waals surface area contributed by atoms with Crippen LogP contribution in [0.5, 0.6) is 0 Å². The zero-order valence-electron chi connectivity index (χ0n) is 21.3. The first-order chi connectivity index (χ1) is 17.1. The molecule has 1 aliphatic rings. The number of nitrogen functional groups attached to an aromatic ring is 1. The van der Waals surface area contributed by atoms with Crippen LogP contribution in [0.1, 0.15) is 13.8 Å². The van der Waals surface area contributed by atoms with Crippen LogP contribution in [0.15, 0.2) is 65.6 Å². The molecule has 0 saturated carbocycles. The highest BCUT2D eigenvalue weighted by Crippen LogP contribution is 2.33. The molecule has 1 saturated heterocycles. The second-order valence-corrected chi connectivity index (χ2v) is 11.9. The smallest absolute Gasteiger partial charge is 0.175 e. The lowest BCUT2D eigenvalue weighted by Gasteiger charge is -2.38. The lowest BCUT2D eigenvalue weighted by atomic mass is 10.0. The van der Waals surface area contributed by atoms with Crippen molar-refractivity contribution in [3.8, 4) is 22.5 Å². The predicted molar refractivity (Wildman–Crippen MR) is 148 cm³/mol. The van der Waals surface area contributed by atoms with Gasteiger partial charge in [-0.05, 0) is 73.5 Å². The third-order valence-corrected chi connectivity index (χ3v) is 8.30. The Labute approximate surface area is 213 Å². The molecular weight excluding hydrogens is 470 g/mol. The molecule has 7 nitrogen and oxygen atoms in total. The number of nitrogens with zero attached hydrogens (tertiary/aromatic N) is 4. The predicted octanol–water partition coefficient (Wildman–Crippen LogP) is 4.42. The van der Waals surface area contributed by atoms with Crippen molar-refractivity contribution in [2.24, 2.45) is 7.05 Å². The van der Waals surface area contributed by atoms with Gasteiger partial charge in [-0.1, -0.05) is 12.1 Å². The number of aromatic nitrogens is 2. The number of anilines is 2. The van der Waals surface area contributed by atoms with E-state index < -0.39 is 9.84 Å². The molecule has 36 heavy (non-hydrogen) atoms. The quantitative estimate of drug-likeness (QED) is 0.406. The Bertz CT molecular complexity index is 1500. The van der Waals surface area contributed by atoms with Crippen LogP contribution in [0.3, 0.4) is 0 Å². The second-order valence-electron chi connectivity index (χ2n) is 9.89. The van der Waals surface area contributed by atoms with Crippen LogP contribution in [0.2, 0.25) is 0 Å². The van der Waals surface area contributed by atoms with Crippen LogP contribution in [-0.2, 0) is 16.9 Å². The van der Waals surface area contributed by atoms with E-state index in [1.54, 1.807) is 24.3 Å². The van der Waals surface area contributed by atoms with E-state index in [4.69, 9.17) is 10.7 Å². The molecule has 2 heterocycles. The number of piperazine rings is 1. The van der Waals surface area contributed by atoms with E-state index in [1.807, 2.05) is 17.7 Å². The number of fused-ring (bicyclic) bond motifs is 1. The Morgan fingerprint density at radius 1 is 0.861 bits per heavy atom. The fourth-order valence-electron chi connectivity index (χ4n) is 4.95. The summed E-state index contributed by atoms with van der Waals surface area (Å²) in [7, 11) is -1.29. The number of benzene rings is 3. The summed E-state index contributed by atoms with van der Waals surface area (Å²) in [5, 5.41) is 0. The summed E-state index contributed by atoms with van der Waals surface area (Å²) in [4.78, 5) is 10.0. The summed E-state index contributed by atoms with van der Waals surface area (Å²) >= 11 is 0. The summed E-state index contributed by atoms with van der Waals surface area (Å²) in [6.45, 7) is 8.78. The average molecular weight is 504 g/mol. The first kappa shape index (κ1) is 24.3. The number of imidazole rings is 1. The molecule has 0 unspecified atom stereocenters. The Kier molecular flexibility index (Phi) is 6.26. The standard InChI is InChI=1S/C28H33N5O2S/c1-19(2)32-13-15-33(16-14-32)23-9-5-20(6-10-23)22-17-25(29)27-26(18-22)31(3)28(30-27)21-7-11-24(12-8-21)36(4,34)35/h5-12,17-19H,13-16,29H2,1-4H3. The van der Waals surface area contributed by atoms with E-state index in [9.17, 15) is 8.42 Å². The van der Waals surface area contributed by atoms with Crippen molar-refractivity contribution in [2.75, 3.05) is 43.1 Å². The molecule has 0 radical (unpaired) electrons. The van der Waals surface area contributed by atoms with Crippen molar-refractivity contribution in [2.45, 2.75) is 24.8 Å². The average Bonchev–Trinajstić information content (AvgIpc) is 3.20. The maximum Gasteiger partial charge on any atom is 0.175 e. The molecule has 1 fully saturated rings. The van der Waals surface area contributed by atoms with Crippen molar-refractivity contribution in [3.05, 3.63) is 60.7 Å². The van der Waals surface area contributed by atoms with Crippen molar-refractivity contribution >= 4 is 32.2 Å². The number of rotatable bonds is 5. The Morgan fingerprint density at radius 2 is 1.47 bits per heavy atom. The molecule has 1 aromatic heterocycles. The summed E-state index contributed by atoms with van der Waals surface area (Å²) in [5.41, 5.74) is 13.0. The van der Waals surface area contributed by atoms with E-state index in [2.05, 4.69) is 54.0 Å². The highest BCUT2D eigenvalue weighted by Gasteiger charge is 2.19. The van der Waals surface area contributed by atoms with Crippen LogP contribution < -0.4 is 10.6 Å². The van der Waals surface area contributed by atoms with E-state index in [0.29, 0.717) is 11.7 Å². The first-order valence-corrected chi connectivity index (χ1v) is 14.2. The van der Waals surface area contributed by atoms with Crippen molar-refractivity contribution in [1.29, 1.82) is 0 Å². The maximum atomic E-state index is 11.8. The van der Waals surface area contributed by atoms with Crippen LogP contribution >= 0.6 is 0 Å². The van der Waals surface area contributed by atoms with Gasteiger partial charge in [-0.15, -0.1) is 0 Å². The molecule has 0 aliphatic carbocycles. The fourth-order valence-corrected chi connectivity index (χ4v) is 5.58. The monoisotopic (exact) mass is 503 g/mol. The van der Waals surface area contributed by atoms with Gasteiger partial charge >= 0.3 is 0 Å². The Morgan fingerprint density at radius 3 is 2.06 bits per heavy atom. The largest absolute Gasteiger partial charge is 0.397 e. The topological polar surface area (TPSA) is 84.5 Å². The Hall–Kier alpha value is -3.36. The van der Waals surface area contributed by atoms with Crippen LogP contribution in [0.25, 0.3) is 33.5 Å². The van der Waals surface area contributed by atoms with Gasteiger partial charge in [-0.25, -0.2) is 13.4 Å². The number of sulfone groups is 1. The highest BCUT2D eigenvalue weighted by atomic mass is 32.2. The third-order valence-electron chi connectivity index (χ3n) is 7.17. The number of nitrogens with two attached hydrogens (primary N) is 1. The minimum atomic E-state index is -3.25. The maximum absolute atomic E-state index is 11.8. The van der Waals surface area contributed by atoms with Gasteiger partial charge < -0.3 is 15.2 Å². The molecular formula is C28H33N5O2S. The van der Waals surface area contributed by atoms with Gasteiger partial charge in [0.15, 0.2) is 9.84 Å². The summed E-state index contributed by atoms with van der Waals surface area (Å²) < 4.78 is 25.6. The van der Waals surface area contributed by atoms with Crippen LogP contribution in [0.4, 0.5) is 11.4 Å². The van der Waals surface area contributed by atoms with Gasteiger partial charge in [0, 0.05) is 56.8 Å². The molecule has 0 bridgehead atoms. The molecule has 3 aromatic carbocycles. The summed E-state index contributed by atoms with van der Waals surface area (Å²) in [5.74, 6) is 0.741. The van der Waals surface area contributed by atoms with E-state index in [0.717, 1.165) is 59.7 Å². The van der Waals surface area contributed by atoms with E-state index in [-0.39, 0.29) is 4.90 Å². The minimum Gasteiger partial charge on any atom is -0.397 e. The molecule has 188 valence electrons. The molecule has 0 amide bonds. The number of hydrogen-bond acceptors (Lipinski definition) is 6. The lowest BCUT2D eigenvalue weighted by Crippen LogP contribution is -2.48. The van der Waals surface area contributed by atoms with E-state index in [1.165, 1.54) is 11.9 Å². The highest BCUT2D eigenvalue weighted by molar-refractivity contribution is 7.90. The molecule has 5 rings (SSSR count). The zero-order valence-corrected chi connectivity index (χ0v) is 22.1. The van der Waals surface area contributed by atoms with Crippen molar-refractivity contribution in [1.82, 2.24) is 14.5 Å². The van der Waals surface area contributed by atoms with E-state index >= 15 is 0 Å². The van der Waals surface area contributed by atoms with Crippen molar-refractivity contribution < 1.29 is 8.42 Å². The van der Waals surface area contributed by atoms with Gasteiger partial charge in [-0.2, -0.15) is 0 Å². The number of aryl methyl sites for hydroxylation is 1. The molecule has 1 aliphatic heterocycles. The van der Waals surface area contributed by atoms with Gasteiger partial charge in [0.05, 0.1) is 16.1 Å². The molecule has 0 spiro atoms. The summed E-state index contributed by atoms with van der Waals surface area (Å²) in [6, 6.07) is 20.2. The number of hydrogen-bond donors (Lipinski definition) is 1. The fraction of sp³-hybridized carbons (Fsp3) is 0.321. The third kappa shape index (κ3) is 4.58. The normalized spacial score (nSPS) is 15.2. The molecule has 2 N–H and O–H groups in total.